The molecule has 1 aromatic heterocycles. The lowest BCUT2D eigenvalue weighted by molar-refractivity contribution is -0.133. The fraction of sp³-hybridized carbons (Fsp3) is 0.296. The molecule has 4 rings (SSSR count). The van der Waals surface area contributed by atoms with Crippen LogP contribution >= 0.6 is 0 Å². The molecule has 1 aliphatic heterocycles. The van der Waals surface area contributed by atoms with Crippen LogP contribution < -0.4 is 10.5 Å². The van der Waals surface area contributed by atoms with Gasteiger partial charge in [0.05, 0.1) is 0 Å². The van der Waals surface area contributed by atoms with Crippen molar-refractivity contribution in [3.8, 4) is 0 Å². The average Bonchev–Trinajstić information content (AvgIpc) is 2.83. The van der Waals surface area contributed by atoms with Gasteiger partial charge in [-0.1, -0.05) is 18.2 Å². The number of ketones is 1. The van der Waals surface area contributed by atoms with Crippen molar-refractivity contribution in [1.29, 1.82) is 0 Å². The molecule has 1 aliphatic rings. The van der Waals surface area contributed by atoms with E-state index in [0.29, 0.717) is 26.2 Å². The molecule has 1 amide bonds. The Bertz CT molecular complexity index is 1280. The highest BCUT2D eigenvalue weighted by Gasteiger charge is 2.35. The number of aryl methyl sites for hydroxylation is 2. The standard InChI is InChI=1S/C27H28FN3O3/c1-18-7-12-24(32)31(17-18)25(26(33)21-8-10-22(28)11-9-21)27(34)30-15-13-29(14-16-30)23-6-4-5-19(2)20(23)3/h4-12,17,25H,13-16H2,1-3H3/t25-/m1/s1. The highest BCUT2D eigenvalue weighted by molar-refractivity contribution is 6.11. The molecule has 34 heavy (non-hydrogen) atoms. The summed E-state index contributed by atoms with van der Waals surface area (Å²) in [6.07, 6.45) is 1.53. The number of piperazine rings is 1. The van der Waals surface area contributed by atoms with Crippen LogP contribution in [0.4, 0.5) is 10.1 Å². The van der Waals surface area contributed by atoms with Crippen molar-refractivity contribution in [2.75, 3.05) is 31.1 Å². The number of halogens is 1. The minimum Gasteiger partial charge on any atom is -0.368 e. The van der Waals surface area contributed by atoms with Gasteiger partial charge in [-0.3, -0.25) is 19.0 Å². The number of carbonyl (C=O) groups is 2. The summed E-state index contributed by atoms with van der Waals surface area (Å²) >= 11 is 0. The molecule has 3 aromatic rings. The maximum Gasteiger partial charge on any atom is 0.253 e. The molecular formula is C27H28FN3O3. The number of Topliss-reactive ketones (excluding diaryl/α,β-unsaturated/α-hetero) is 1. The van der Waals surface area contributed by atoms with Crippen LogP contribution in [0.1, 0.15) is 33.1 Å². The molecule has 1 atom stereocenters. The zero-order chi connectivity index (χ0) is 24.4. The van der Waals surface area contributed by atoms with E-state index in [2.05, 4.69) is 30.9 Å². The summed E-state index contributed by atoms with van der Waals surface area (Å²) in [5.41, 5.74) is 4.05. The van der Waals surface area contributed by atoms with Crippen molar-refractivity contribution in [2.24, 2.45) is 0 Å². The summed E-state index contributed by atoms with van der Waals surface area (Å²) in [6.45, 7) is 8.06. The summed E-state index contributed by atoms with van der Waals surface area (Å²) in [7, 11) is 0. The molecule has 0 N–H and O–H groups in total. The summed E-state index contributed by atoms with van der Waals surface area (Å²) in [4.78, 5) is 43.6. The molecule has 0 saturated carbocycles. The third-order valence-corrected chi connectivity index (χ3v) is 6.48. The molecule has 2 aromatic carbocycles. The van der Waals surface area contributed by atoms with Crippen LogP contribution in [0.3, 0.4) is 0 Å². The Morgan fingerprint density at radius 3 is 2.24 bits per heavy atom. The van der Waals surface area contributed by atoms with Crippen LogP contribution in [0.5, 0.6) is 0 Å². The van der Waals surface area contributed by atoms with Gasteiger partial charge in [0, 0.05) is 49.7 Å². The number of nitrogens with zero attached hydrogens (tertiary/aromatic N) is 3. The number of aromatic nitrogens is 1. The first kappa shape index (κ1) is 23.4. The Balaban J connectivity index is 1.62. The molecule has 0 spiro atoms. The first-order chi connectivity index (χ1) is 16.3. The van der Waals surface area contributed by atoms with E-state index in [1.54, 1.807) is 17.9 Å². The largest absolute Gasteiger partial charge is 0.368 e. The number of carbonyl (C=O) groups excluding carboxylic acids is 2. The lowest BCUT2D eigenvalue weighted by atomic mass is 10.0. The summed E-state index contributed by atoms with van der Waals surface area (Å²) in [6, 6.07) is 12.9. The SMILES string of the molecule is Cc1ccc(=O)n([C@H](C(=O)c2ccc(F)cc2)C(=O)N2CCN(c3cccc(C)c3C)CC2)c1. The third kappa shape index (κ3) is 4.64. The van der Waals surface area contributed by atoms with Gasteiger partial charge in [0.15, 0.2) is 11.8 Å². The molecule has 2 heterocycles. The van der Waals surface area contributed by atoms with E-state index in [4.69, 9.17) is 0 Å². The van der Waals surface area contributed by atoms with Gasteiger partial charge in [-0.25, -0.2) is 4.39 Å². The fourth-order valence-corrected chi connectivity index (χ4v) is 4.36. The van der Waals surface area contributed by atoms with Crippen molar-refractivity contribution in [1.82, 2.24) is 9.47 Å². The smallest absolute Gasteiger partial charge is 0.253 e. The molecule has 176 valence electrons. The number of anilines is 1. The molecule has 0 aliphatic carbocycles. The van der Waals surface area contributed by atoms with Crippen molar-refractivity contribution < 1.29 is 14.0 Å². The van der Waals surface area contributed by atoms with Gasteiger partial charge in [0.1, 0.15) is 5.82 Å². The fourth-order valence-electron chi connectivity index (χ4n) is 4.36. The summed E-state index contributed by atoms with van der Waals surface area (Å²) in [5.74, 6) is -1.44. The van der Waals surface area contributed by atoms with Crippen molar-refractivity contribution in [2.45, 2.75) is 26.8 Å². The number of rotatable bonds is 5. The van der Waals surface area contributed by atoms with E-state index >= 15 is 0 Å². The number of benzene rings is 2. The molecular weight excluding hydrogens is 433 g/mol. The zero-order valence-corrected chi connectivity index (χ0v) is 19.6. The highest BCUT2D eigenvalue weighted by atomic mass is 19.1. The van der Waals surface area contributed by atoms with Crippen molar-refractivity contribution >= 4 is 17.4 Å². The predicted octanol–water partition coefficient (Wildman–Crippen LogP) is 3.69. The van der Waals surface area contributed by atoms with E-state index in [0.717, 1.165) is 11.3 Å². The second-order valence-corrected chi connectivity index (χ2v) is 8.76. The van der Waals surface area contributed by atoms with E-state index in [9.17, 15) is 18.8 Å². The average molecular weight is 462 g/mol. The number of hydrogen-bond acceptors (Lipinski definition) is 4. The van der Waals surface area contributed by atoms with Crippen LogP contribution in [0.25, 0.3) is 0 Å². The number of amides is 1. The molecule has 1 saturated heterocycles. The molecule has 1 fully saturated rings. The topological polar surface area (TPSA) is 62.6 Å². The minimum atomic E-state index is -1.34. The molecule has 7 heteroatoms. The van der Waals surface area contributed by atoms with E-state index in [1.807, 2.05) is 6.07 Å². The first-order valence-corrected chi connectivity index (χ1v) is 11.3. The summed E-state index contributed by atoms with van der Waals surface area (Å²) in [5, 5.41) is 0. The second kappa shape index (κ2) is 9.63. The van der Waals surface area contributed by atoms with E-state index in [-0.39, 0.29) is 5.56 Å². The Kier molecular flexibility index (Phi) is 6.63. The Morgan fingerprint density at radius 1 is 0.882 bits per heavy atom. The summed E-state index contributed by atoms with van der Waals surface area (Å²) < 4.78 is 14.6. The van der Waals surface area contributed by atoms with E-state index in [1.165, 1.54) is 52.2 Å². The number of hydrogen-bond donors (Lipinski definition) is 0. The zero-order valence-electron chi connectivity index (χ0n) is 19.6. The van der Waals surface area contributed by atoms with Gasteiger partial charge in [-0.05, 0) is 67.8 Å². The molecule has 0 bridgehead atoms. The van der Waals surface area contributed by atoms with E-state index < -0.39 is 29.1 Å². The van der Waals surface area contributed by atoms with Crippen LogP contribution in [0, 0.1) is 26.6 Å². The van der Waals surface area contributed by atoms with Crippen LogP contribution in [0.2, 0.25) is 0 Å². The van der Waals surface area contributed by atoms with Crippen LogP contribution in [-0.4, -0.2) is 47.3 Å². The van der Waals surface area contributed by atoms with Gasteiger partial charge >= 0.3 is 0 Å². The normalized spacial score (nSPS) is 14.7. The van der Waals surface area contributed by atoms with Crippen molar-refractivity contribution in [3.05, 3.63) is 99.2 Å². The van der Waals surface area contributed by atoms with Gasteiger partial charge in [-0.2, -0.15) is 0 Å². The minimum absolute atomic E-state index is 0.183. The van der Waals surface area contributed by atoms with Crippen molar-refractivity contribution in [3.63, 3.8) is 0 Å². The predicted molar refractivity (Wildman–Crippen MR) is 130 cm³/mol. The van der Waals surface area contributed by atoms with Gasteiger partial charge in [-0.15, -0.1) is 0 Å². The quantitative estimate of drug-likeness (QED) is 0.430. The second-order valence-electron chi connectivity index (χ2n) is 8.76. The third-order valence-electron chi connectivity index (χ3n) is 6.48. The lowest BCUT2D eigenvalue weighted by Crippen LogP contribution is -2.52. The maximum atomic E-state index is 13.7. The highest BCUT2D eigenvalue weighted by Crippen LogP contribution is 2.25. The molecule has 0 unspecified atom stereocenters. The van der Waals surface area contributed by atoms with Gasteiger partial charge in [0.25, 0.3) is 11.5 Å². The lowest BCUT2D eigenvalue weighted by Gasteiger charge is -2.38. The van der Waals surface area contributed by atoms with Gasteiger partial charge < -0.3 is 9.80 Å². The first-order valence-electron chi connectivity index (χ1n) is 11.3. The van der Waals surface area contributed by atoms with Crippen LogP contribution in [-0.2, 0) is 4.79 Å². The molecule has 0 radical (unpaired) electrons. The van der Waals surface area contributed by atoms with Crippen LogP contribution in [0.15, 0.2) is 65.6 Å². The Hall–Kier alpha value is -3.74. The Labute approximate surface area is 198 Å². The van der Waals surface area contributed by atoms with Gasteiger partial charge in [0.2, 0.25) is 0 Å². The number of pyridine rings is 1. The monoisotopic (exact) mass is 461 g/mol. The maximum absolute atomic E-state index is 13.7. The Morgan fingerprint density at radius 2 is 1.56 bits per heavy atom. The molecule has 6 nitrogen and oxygen atoms in total.